The number of nitrogens with one attached hydrogen (secondary N) is 1. The Morgan fingerprint density at radius 2 is 1.76 bits per heavy atom. The molecule has 2 aromatic rings. The molecular weight excluding hydrogens is 274 g/mol. The van der Waals surface area contributed by atoms with Crippen molar-refractivity contribution < 1.29 is 24.5 Å². The minimum atomic E-state index is -1.24. The second-order valence-corrected chi connectivity index (χ2v) is 4.19. The van der Waals surface area contributed by atoms with Crippen molar-refractivity contribution in [2.45, 2.75) is 0 Å². The summed E-state index contributed by atoms with van der Waals surface area (Å²) in [5.41, 5.74) is -0.00179. The third-order valence-corrected chi connectivity index (χ3v) is 2.86. The van der Waals surface area contributed by atoms with E-state index in [0.29, 0.717) is 11.3 Å². The molecule has 0 saturated heterocycles. The molecule has 0 fully saturated rings. The lowest BCUT2D eigenvalue weighted by molar-refractivity contribution is 0.0697. The summed E-state index contributed by atoms with van der Waals surface area (Å²) in [5.74, 6) is -1.48. The number of rotatable bonds is 4. The molecule has 0 aliphatic carbocycles. The van der Waals surface area contributed by atoms with E-state index in [9.17, 15) is 14.7 Å². The molecular formula is C15H13NO5. The standard InChI is InChI=1S/C15H13NO5/c1-21-10-7-5-9(6-8-10)14(18)16-13-11(15(19)20)3-2-4-12(13)17/h2-8,17H,1H3,(H,16,18)(H,19,20). The highest BCUT2D eigenvalue weighted by Crippen LogP contribution is 2.28. The monoisotopic (exact) mass is 287 g/mol. The molecule has 0 atom stereocenters. The van der Waals surface area contributed by atoms with Crippen molar-refractivity contribution in [1.29, 1.82) is 0 Å². The number of carboxylic acids is 1. The Kier molecular flexibility index (Phi) is 4.08. The Balaban J connectivity index is 2.29. The zero-order valence-electron chi connectivity index (χ0n) is 11.2. The number of aromatic carboxylic acids is 1. The van der Waals surface area contributed by atoms with Gasteiger partial charge in [0.05, 0.1) is 18.4 Å². The minimum Gasteiger partial charge on any atom is -0.506 e. The van der Waals surface area contributed by atoms with Crippen LogP contribution in [0.2, 0.25) is 0 Å². The SMILES string of the molecule is COc1ccc(C(=O)Nc2c(O)cccc2C(=O)O)cc1. The summed E-state index contributed by atoms with van der Waals surface area (Å²) in [4.78, 5) is 23.2. The molecule has 2 aromatic carbocycles. The summed E-state index contributed by atoms with van der Waals surface area (Å²) in [6, 6.07) is 10.3. The van der Waals surface area contributed by atoms with E-state index in [4.69, 9.17) is 9.84 Å². The van der Waals surface area contributed by atoms with E-state index in [1.165, 1.54) is 37.4 Å². The van der Waals surface area contributed by atoms with E-state index in [1.807, 2.05) is 0 Å². The van der Waals surface area contributed by atoms with Crippen LogP contribution in [0, 0.1) is 0 Å². The van der Waals surface area contributed by atoms with Crippen molar-refractivity contribution >= 4 is 17.6 Å². The first kappa shape index (κ1) is 14.4. The quantitative estimate of drug-likeness (QED) is 0.750. The van der Waals surface area contributed by atoms with Gasteiger partial charge in [-0.05, 0) is 36.4 Å². The smallest absolute Gasteiger partial charge is 0.337 e. The Bertz CT molecular complexity index is 679. The van der Waals surface area contributed by atoms with Crippen molar-refractivity contribution in [2.24, 2.45) is 0 Å². The first-order chi connectivity index (χ1) is 10.0. The van der Waals surface area contributed by atoms with Crippen LogP contribution in [0.4, 0.5) is 5.69 Å². The van der Waals surface area contributed by atoms with Crippen LogP contribution in [-0.4, -0.2) is 29.2 Å². The maximum Gasteiger partial charge on any atom is 0.337 e. The van der Waals surface area contributed by atoms with E-state index in [2.05, 4.69) is 5.32 Å². The number of aromatic hydroxyl groups is 1. The lowest BCUT2D eigenvalue weighted by Gasteiger charge is -2.10. The highest BCUT2D eigenvalue weighted by Gasteiger charge is 2.16. The molecule has 2 rings (SSSR count). The van der Waals surface area contributed by atoms with Crippen molar-refractivity contribution in [3.8, 4) is 11.5 Å². The highest BCUT2D eigenvalue weighted by molar-refractivity contribution is 6.08. The predicted molar refractivity (Wildman–Crippen MR) is 76.0 cm³/mol. The van der Waals surface area contributed by atoms with Gasteiger partial charge in [-0.3, -0.25) is 4.79 Å². The predicted octanol–water partition coefficient (Wildman–Crippen LogP) is 2.35. The molecule has 3 N–H and O–H groups in total. The molecule has 0 radical (unpaired) electrons. The molecule has 0 bridgehead atoms. The van der Waals surface area contributed by atoms with Crippen molar-refractivity contribution in [3.05, 3.63) is 53.6 Å². The number of carboxylic acid groups (broad SMARTS) is 1. The number of phenolic OH excluding ortho intramolecular Hbond substituents is 1. The van der Waals surface area contributed by atoms with Gasteiger partial charge < -0.3 is 20.3 Å². The zero-order valence-corrected chi connectivity index (χ0v) is 11.2. The van der Waals surface area contributed by atoms with Gasteiger partial charge in [0, 0.05) is 5.56 Å². The number of hydrogen-bond acceptors (Lipinski definition) is 4. The maximum atomic E-state index is 12.1. The third kappa shape index (κ3) is 3.11. The molecule has 0 saturated carbocycles. The molecule has 108 valence electrons. The lowest BCUT2D eigenvalue weighted by Crippen LogP contribution is -2.15. The first-order valence-corrected chi connectivity index (χ1v) is 6.03. The number of carbonyl (C=O) groups excluding carboxylic acids is 1. The average molecular weight is 287 g/mol. The number of hydrogen-bond donors (Lipinski definition) is 3. The fraction of sp³-hybridized carbons (Fsp3) is 0.0667. The van der Waals surface area contributed by atoms with E-state index in [1.54, 1.807) is 12.1 Å². The zero-order chi connectivity index (χ0) is 15.4. The first-order valence-electron chi connectivity index (χ1n) is 6.03. The Labute approximate surface area is 120 Å². The van der Waals surface area contributed by atoms with Gasteiger partial charge in [-0.2, -0.15) is 0 Å². The fourth-order valence-corrected chi connectivity index (χ4v) is 1.78. The summed E-state index contributed by atoms with van der Waals surface area (Å²) in [5, 5.41) is 21.2. The number of phenols is 1. The van der Waals surface area contributed by atoms with E-state index in [0.717, 1.165) is 0 Å². The molecule has 0 unspecified atom stereocenters. The average Bonchev–Trinajstić information content (AvgIpc) is 2.49. The van der Waals surface area contributed by atoms with Crippen LogP contribution in [-0.2, 0) is 0 Å². The summed E-state index contributed by atoms with van der Waals surface area (Å²) < 4.78 is 4.99. The molecule has 0 spiro atoms. The second-order valence-electron chi connectivity index (χ2n) is 4.19. The number of carbonyl (C=O) groups is 2. The van der Waals surface area contributed by atoms with Gasteiger partial charge >= 0.3 is 5.97 Å². The molecule has 21 heavy (non-hydrogen) atoms. The van der Waals surface area contributed by atoms with E-state index < -0.39 is 11.9 Å². The molecule has 6 nitrogen and oxygen atoms in total. The maximum absolute atomic E-state index is 12.1. The summed E-state index contributed by atoms with van der Waals surface area (Å²) in [7, 11) is 1.51. The van der Waals surface area contributed by atoms with E-state index >= 15 is 0 Å². The van der Waals surface area contributed by atoms with Crippen LogP contribution in [0.3, 0.4) is 0 Å². The van der Waals surface area contributed by atoms with Gasteiger partial charge in [-0.15, -0.1) is 0 Å². The topological polar surface area (TPSA) is 95.9 Å². The number of ether oxygens (including phenoxy) is 1. The number of para-hydroxylation sites is 1. The van der Waals surface area contributed by atoms with Crippen LogP contribution in [0.1, 0.15) is 20.7 Å². The molecule has 0 aliphatic heterocycles. The summed E-state index contributed by atoms with van der Waals surface area (Å²) in [6.07, 6.45) is 0. The Hall–Kier alpha value is -3.02. The van der Waals surface area contributed by atoms with Crippen LogP contribution >= 0.6 is 0 Å². The second kappa shape index (κ2) is 5.96. The fourth-order valence-electron chi connectivity index (χ4n) is 1.78. The summed E-state index contributed by atoms with van der Waals surface area (Å²) in [6.45, 7) is 0. The van der Waals surface area contributed by atoms with Crippen molar-refractivity contribution in [3.63, 3.8) is 0 Å². The summed E-state index contributed by atoms with van der Waals surface area (Å²) >= 11 is 0. The van der Waals surface area contributed by atoms with Gasteiger partial charge in [-0.25, -0.2) is 4.79 Å². The lowest BCUT2D eigenvalue weighted by atomic mass is 10.1. The molecule has 0 heterocycles. The largest absolute Gasteiger partial charge is 0.506 e. The van der Waals surface area contributed by atoms with Crippen molar-refractivity contribution in [2.75, 3.05) is 12.4 Å². The van der Waals surface area contributed by atoms with Gasteiger partial charge in [0.15, 0.2) is 0 Å². The number of methoxy groups -OCH3 is 1. The van der Waals surface area contributed by atoms with Gasteiger partial charge in [-0.1, -0.05) is 6.07 Å². The number of amides is 1. The molecule has 1 amide bonds. The molecule has 0 aliphatic rings. The molecule has 0 aromatic heterocycles. The number of benzene rings is 2. The third-order valence-electron chi connectivity index (χ3n) is 2.86. The highest BCUT2D eigenvalue weighted by atomic mass is 16.5. The molecule has 6 heteroatoms. The Morgan fingerprint density at radius 1 is 1.10 bits per heavy atom. The van der Waals surface area contributed by atoms with Gasteiger partial charge in [0.2, 0.25) is 0 Å². The van der Waals surface area contributed by atoms with Gasteiger partial charge in [0.1, 0.15) is 11.5 Å². The van der Waals surface area contributed by atoms with Crippen LogP contribution in [0.5, 0.6) is 11.5 Å². The van der Waals surface area contributed by atoms with Crippen LogP contribution < -0.4 is 10.1 Å². The van der Waals surface area contributed by atoms with Crippen LogP contribution in [0.25, 0.3) is 0 Å². The van der Waals surface area contributed by atoms with Gasteiger partial charge in [0.25, 0.3) is 5.91 Å². The Morgan fingerprint density at radius 3 is 2.33 bits per heavy atom. The minimum absolute atomic E-state index is 0.134. The van der Waals surface area contributed by atoms with E-state index in [-0.39, 0.29) is 17.0 Å². The normalized spacial score (nSPS) is 9.95. The van der Waals surface area contributed by atoms with Crippen LogP contribution in [0.15, 0.2) is 42.5 Å². The van der Waals surface area contributed by atoms with Crippen molar-refractivity contribution in [1.82, 2.24) is 0 Å². The number of anilines is 1.